The van der Waals surface area contributed by atoms with E-state index >= 15 is 0 Å². The summed E-state index contributed by atoms with van der Waals surface area (Å²) in [6, 6.07) is 7.14. The molecule has 0 saturated carbocycles. The number of hydrogen-bond acceptors (Lipinski definition) is 4. The lowest BCUT2D eigenvalue weighted by Crippen LogP contribution is -2.43. The predicted octanol–water partition coefficient (Wildman–Crippen LogP) is 1.55. The van der Waals surface area contributed by atoms with E-state index in [9.17, 15) is 4.79 Å². The van der Waals surface area contributed by atoms with Crippen molar-refractivity contribution < 1.29 is 14.3 Å². The lowest BCUT2D eigenvalue weighted by molar-refractivity contribution is -0.132. The Labute approximate surface area is 130 Å². The van der Waals surface area contributed by atoms with E-state index in [1.54, 1.807) is 25.1 Å². The van der Waals surface area contributed by atoms with E-state index in [2.05, 4.69) is 5.32 Å². The van der Waals surface area contributed by atoms with Crippen LogP contribution in [0.2, 0.25) is 5.02 Å². The fraction of sp³-hybridized carbons (Fsp3) is 0.533. The van der Waals surface area contributed by atoms with Crippen LogP contribution in [-0.2, 0) is 9.53 Å². The van der Waals surface area contributed by atoms with Crippen LogP contribution in [0.5, 0.6) is 5.75 Å². The molecule has 2 rings (SSSR count). The molecule has 1 heterocycles. The molecule has 1 aliphatic heterocycles. The lowest BCUT2D eigenvalue weighted by Gasteiger charge is -2.21. The zero-order valence-corrected chi connectivity index (χ0v) is 13.1. The van der Waals surface area contributed by atoms with Crippen molar-refractivity contribution in [2.75, 3.05) is 33.9 Å². The number of methoxy groups -OCH3 is 1. The minimum absolute atomic E-state index is 0.0670. The number of para-hydroxylation sites is 1. The van der Waals surface area contributed by atoms with Gasteiger partial charge in [0.25, 0.3) is 0 Å². The van der Waals surface area contributed by atoms with E-state index in [1.807, 2.05) is 18.2 Å². The van der Waals surface area contributed by atoms with Crippen molar-refractivity contribution in [3.63, 3.8) is 0 Å². The van der Waals surface area contributed by atoms with Crippen LogP contribution >= 0.6 is 11.6 Å². The topological polar surface area (TPSA) is 50.8 Å². The van der Waals surface area contributed by atoms with Crippen molar-refractivity contribution in [3.8, 4) is 5.75 Å². The largest absolute Gasteiger partial charge is 0.490 e. The zero-order valence-electron chi connectivity index (χ0n) is 12.3. The van der Waals surface area contributed by atoms with Crippen LogP contribution in [0.1, 0.15) is 6.42 Å². The highest BCUT2D eigenvalue weighted by molar-refractivity contribution is 6.32. The standard InChI is InChI=1S/C15H21ClN2O3/c1-18(15(19)13-9-11(20-2)10-17-13)7-8-21-14-6-4-3-5-12(14)16/h3-6,11,13,17H,7-10H2,1-2H3. The summed E-state index contributed by atoms with van der Waals surface area (Å²) in [5.74, 6) is 0.704. The smallest absolute Gasteiger partial charge is 0.239 e. The van der Waals surface area contributed by atoms with Crippen LogP contribution in [0.25, 0.3) is 0 Å². The van der Waals surface area contributed by atoms with Crippen LogP contribution < -0.4 is 10.1 Å². The molecule has 1 aromatic rings. The minimum atomic E-state index is -0.166. The van der Waals surface area contributed by atoms with Crippen molar-refractivity contribution in [2.24, 2.45) is 0 Å². The summed E-state index contributed by atoms with van der Waals surface area (Å²) >= 11 is 6.01. The van der Waals surface area contributed by atoms with Crippen molar-refractivity contribution in [1.29, 1.82) is 0 Å². The second kappa shape index (κ2) is 7.64. The van der Waals surface area contributed by atoms with E-state index in [0.29, 0.717) is 30.3 Å². The fourth-order valence-electron chi connectivity index (χ4n) is 2.30. The Morgan fingerprint density at radius 1 is 1.48 bits per heavy atom. The van der Waals surface area contributed by atoms with Crippen molar-refractivity contribution in [1.82, 2.24) is 10.2 Å². The number of rotatable bonds is 6. The Kier molecular flexibility index (Phi) is 5.85. The Hall–Kier alpha value is -1.30. The highest BCUT2D eigenvalue weighted by Gasteiger charge is 2.30. The normalized spacial score (nSPS) is 21.3. The van der Waals surface area contributed by atoms with Crippen molar-refractivity contribution >= 4 is 17.5 Å². The molecule has 0 bridgehead atoms. The molecule has 2 atom stereocenters. The molecule has 1 aliphatic rings. The Morgan fingerprint density at radius 3 is 2.90 bits per heavy atom. The number of likely N-dealkylation sites (N-methyl/N-ethyl adjacent to an activating group) is 1. The van der Waals surface area contributed by atoms with Crippen molar-refractivity contribution in [2.45, 2.75) is 18.6 Å². The van der Waals surface area contributed by atoms with Crippen LogP contribution in [0.15, 0.2) is 24.3 Å². The van der Waals surface area contributed by atoms with Gasteiger partial charge >= 0.3 is 0 Å². The number of benzene rings is 1. The number of ether oxygens (including phenoxy) is 2. The van der Waals surface area contributed by atoms with Gasteiger partial charge in [0.05, 0.1) is 23.7 Å². The van der Waals surface area contributed by atoms with Crippen LogP contribution in [0, 0.1) is 0 Å². The van der Waals surface area contributed by atoms with E-state index in [1.165, 1.54) is 0 Å². The van der Waals surface area contributed by atoms with Gasteiger partial charge in [-0.15, -0.1) is 0 Å². The molecular formula is C15H21ClN2O3. The second-order valence-electron chi connectivity index (χ2n) is 5.09. The van der Waals surface area contributed by atoms with E-state index < -0.39 is 0 Å². The maximum Gasteiger partial charge on any atom is 0.239 e. The molecule has 1 aromatic carbocycles. The molecule has 6 heteroatoms. The summed E-state index contributed by atoms with van der Waals surface area (Å²) in [5, 5.41) is 3.75. The summed E-state index contributed by atoms with van der Waals surface area (Å²) in [4.78, 5) is 13.9. The number of nitrogens with one attached hydrogen (secondary N) is 1. The first kappa shape index (κ1) is 16.1. The van der Waals surface area contributed by atoms with Gasteiger partial charge in [-0.05, 0) is 18.6 Å². The molecule has 0 aliphatic carbocycles. The van der Waals surface area contributed by atoms with Gasteiger partial charge in [0.1, 0.15) is 12.4 Å². The highest BCUT2D eigenvalue weighted by atomic mass is 35.5. The van der Waals surface area contributed by atoms with Gasteiger partial charge in [-0.25, -0.2) is 0 Å². The third-order valence-electron chi connectivity index (χ3n) is 3.62. The molecule has 21 heavy (non-hydrogen) atoms. The van der Waals surface area contributed by atoms with Crippen LogP contribution in [0.4, 0.5) is 0 Å². The van der Waals surface area contributed by atoms with E-state index in [0.717, 1.165) is 6.54 Å². The van der Waals surface area contributed by atoms with E-state index in [4.69, 9.17) is 21.1 Å². The summed E-state index contributed by atoms with van der Waals surface area (Å²) in [5.41, 5.74) is 0. The molecule has 0 spiro atoms. The highest BCUT2D eigenvalue weighted by Crippen LogP contribution is 2.22. The Morgan fingerprint density at radius 2 is 2.24 bits per heavy atom. The second-order valence-corrected chi connectivity index (χ2v) is 5.50. The van der Waals surface area contributed by atoms with Crippen LogP contribution in [-0.4, -0.2) is 56.8 Å². The lowest BCUT2D eigenvalue weighted by atomic mass is 10.2. The van der Waals surface area contributed by atoms with Gasteiger partial charge in [0.2, 0.25) is 5.91 Å². The third-order valence-corrected chi connectivity index (χ3v) is 3.93. The fourth-order valence-corrected chi connectivity index (χ4v) is 2.49. The molecule has 5 nitrogen and oxygen atoms in total. The molecule has 1 N–H and O–H groups in total. The number of halogens is 1. The molecule has 0 aromatic heterocycles. The molecular weight excluding hydrogens is 292 g/mol. The average molecular weight is 313 g/mol. The molecule has 1 saturated heterocycles. The van der Waals surface area contributed by atoms with Gasteiger partial charge in [0, 0.05) is 20.7 Å². The SMILES string of the molecule is COC1CNC(C(=O)N(C)CCOc2ccccc2Cl)C1. The van der Waals surface area contributed by atoms with Gasteiger partial charge in [0.15, 0.2) is 0 Å². The number of carbonyl (C=O) groups excluding carboxylic acids is 1. The first-order chi connectivity index (χ1) is 10.1. The maximum atomic E-state index is 12.2. The molecule has 116 valence electrons. The number of carbonyl (C=O) groups is 1. The number of nitrogens with zero attached hydrogens (tertiary/aromatic N) is 1. The first-order valence-electron chi connectivity index (χ1n) is 7.00. The quantitative estimate of drug-likeness (QED) is 0.866. The molecule has 1 amide bonds. The Bertz CT molecular complexity index is 484. The number of amides is 1. The maximum absolute atomic E-state index is 12.2. The minimum Gasteiger partial charge on any atom is -0.490 e. The van der Waals surface area contributed by atoms with Gasteiger partial charge in [-0.1, -0.05) is 23.7 Å². The monoisotopic (exact) mass is 312 g/mol. The Balaban J connectivity index is 1.75. The predicted molar refractivity (Wildman–Crippen MR) is 81.8 cm³/mol. The average Bonchev–Trinajstić information content (AvgIpc) is 2.97. The summed E-state index contributed by atoms with van der Waals surface area (Å²) < 4.78 is 10.8. The number of hydrogen-bond donors (Lipinski definition) is 1. The summed E-state index contributed by atoms with van der Waals surface area (Å²) in [7, 11) is 3.44. The van der Waals surface area contributed by atoms with Gasteiger partial charge < -0.3 is 19.7 Å². The summed E-state index contributed by atoms with van der Waals surface area (Å²) in [6.45, 7) is 1.64. The van der Waals surface area contributed by atoms with Crippen molar-refractivity contribution in [3.05, 3.63) is 29.3 Å². The van der Waals surface area contributed by atoms with E-state index in [-0.39, 0.29) is 18.1 Å². The van der Waals surface area contributed by atoms with Crippen LogP contribution in [0.3, 0.4) is 0 Å². The zero-order chi connectivity index (χ0) is 15.2. The third kappa shape index (κ3) is 4.33. The first-order valence-corrected chi connectivity index (χ1v) is 7.38. The summed E-state index contributed by atoms with van der Waals surface area (Å²) in [6.07, 6.45) is 0.831. The molecule has 2 unspecified atom stereocenters. The molecule has 0 radical (unpaired) electrons. The van der Waals surface area contributed by atoms with Gasteiger partial charge in [-0.3, -0.25) is 4.79 Å². The van der Waals surface area contributed by atoms with Gasteiger partial charge in [-0.2, -0.15) is 0 Å². The molecule has 1 fully saturated rings.